The van der Waals surface area contributed by atoms with Gasteiger partial charge in [0.25, 0.3) is 0 Å². The van der Waals surface area contributed by atoms with Crippen LogP contribution in [0.3, 0.4) is 0 Å². The third-order valence-electron chi connectivity index (χ3n) is 3.88. The molecule has 0 saturated carbocycles. The van der Waals surface area contributed by atoms with Gasteiger partial charge in [0.1, 0.15) is 5.75 Å². The summed E-state index contributed by atoms with van der Waals surface area (Å²) in [5.41, 5.74) is 8.63. The summed E-state index contributed by atoms with van der Waals surface area (Å²) < 4.78 is 10.3. The van der Waals surface area contributed by atoms with Crippen LogP contribution in [0.2, 0.25) is 0 Å². The second kappa shape index (κ2) is 9.89. The number of aliphatic imine (C=N–C) groups is 1. The number of ether oxygens (including phenoxy) is 2. The number of rotatable bonds is 6. The molecule has 22 heavy (non-hydrogen) atoms. The van der Waals surface area contributed by atoms with E-state index in [2.05, 4.69) is 22.4 Å². The van der Waals surface area contributed by atoms with Gasteiger partial charge in [-0.1, -0.05) is 6.07 Å². The average molecular weight is 419 g/mol. The molecule has 0 bridgehead atoms. The summed E-state index contributed by atoms with van der Waals surface area (Å²) in [6.45, 7) is 2.04. The summed E-state index contributed by atoms with van der Waals surface area (Å²) >= 11 is 0. The van der Waals surface area contributed by atoms with E-state index in [-0.39, 0.29) is 24.0 Å². The number of aryl methyl sites for hydroxylation is 1. The molecule has 1 aromatic rings. The first-order valence-electron chi connectivity index (χ1n) is 7.44. The third kappa shape index (κ3) is 5.31. The van der Waals surface area contributed by atoms with Crippen LogP contribution in [-0.4, -0.2) is 39.9 Å². The average Bonchev–Trinajstić information content (AvgIpc) is 2.52. The van der Waals surface area contributed by atoms with Crippen LogP contribution in [-0.2, 0) is 11.2 Å². The van der Waals surface area contributed by atoms with E-state index in [9.17, 15) is 0 Å². The molecule has 6 heteroatoms. The fraction of sp³-hybridized carbons (Fsp3) is 0.562. The van der Waals surface area contributed by atoms with Crippen molar-refractivity contribution < 1.29 is 9.47 Å². The van der Waals surface area contributed by atoms with Crippen molar-refractivity contribution in [3.63, 3.8) is 0 Å². The molecule has 124 valence electrons. The number of benzene rings is 1. The predicted molar refractivity (Wildman–Crippen MR) is 100 cm³/mol. The Morgan fingerprint density at radius 3 is 2.95 bits per heavy atom. The zero-order chi connectivity index (χ0) is 15.1. The zero-order valence-corrected chi connectivity index (χ0v) is 15.6. The molecule has 1 aliphatic rings. The van der Waals surface area contributed by atoms with Gasteiger partial charge in [-0.3, -0.25) is 4.99 Å². The molecule has 2 rings (SSSR count). The molecular formula is C16H26IN3O2. The maximum Gasteiger partial charge on any atom is 0.188 e. The monoisotopic (exact) mass is 419 g/mol. The molecule has 0 radical (unpaired) electrons. The minimum atomic E-state index is 0. The zero-order valence-electron chi connectivity index (χ0n) is 13.3. The number of hydrogen-bond donors (Lipinski definition) is 2. The minimum Gasteiger partial charge on any atom is -0.497 e. The van der Waals surface area contributed by atoms with Crippen molar-refractivity contribution in [3.8, 4) is 5.75 Å². The highest BCUT2D eigenvalue weighted by Gasteiger charge is 2.20. The maximum atomic E-state index is 5.86. The van der Waals surface area contributed by atoms with Crippen molar-refractivity contribution in [2.75, 3.05) is 33.9 Å². The summed E-state index contributed by atoms with van der Waals surface area (Å²) in [6, 6.07) is 6.34. The second-order valence-corrected chi connectivity index (χ2v) is 5.30. The van der Waals surface area contributed by atoms with E-state index in [4.69, 9.17) is 15.2 Å². The van der Waals surface area contributed by atoms with Crippen LogP contribution < -0.4 is 15.8 Å². The topological polar surface area (TPSA) is 68.9 Å². The number of nitrogens with zero attached hydrogens (tertiary/aromatic N) is 1. The molecule has 0 fully saturated rings. The molecule has 1 aromatic carbocycles. The van der Waals surface area contributed by atoms with Crippen molar-refractivity contribution in [1.29, 1.82) is 0 Å². The number of nitrogens with two attached hydrogens (primary N) is 1. The molecule has 5 nitrogen and oxygen atoms in total. The standard InChI is InChI=1S/C16H25N3O2.HI/c1-20-9-8-18-16(17)19-11-13-5-3-4-12-10-14(21-2)6-7-15(12)13;/h6-7,10,13H,3-5,8-9,11H2,1-2H3,(H3,17,18,19);1H. The Hall–Kier alpha value is -1.02. The Labute approximate surface area is 149 Å². The molecule has 1 unspecified atom stereocenters. The van der Waals surface area contributed by atoms with Crippen LogP contribution in [0.25, 0.3) is 0 Å². The summed E-state index contributed by atoms with van der Waals surface area (Å²) in [5, 5.41) is 3.05. The van der Waals surface area contributed by atoms with Gasteiger partial charge in [-0.2, -0.15) is 0 Å². The first-order valence-corrected chi connectivity index (χ1v) is 7.44. The van der Waals surface area contributed by atoms with Gasteiger partial charge in [0, 0.05) is 26.1 Å². The van der Waals surface area contributed by atoms with Crippen LogP contribution in [0.15, 0.2) is 23.2 Å². The van der Waals surface area contributed by atoms with Gasteiger partial charge in [-0.15, -0.1) is 24.0 Å². The Balaban J connectivity index is 0.00000242. The molecular weight excluding hydrogens is 393 g/mol. The van der Waals surface area contributed by atoms with Crippen LogP contribution in [0.1, 0.15) is 29.9 Å². The number of guanidine groups is 1. The highest BCUT2D eigenvalue weighted by molar-refractivity contribution is 14.0. The molecule has 0 saturated heterocycles. The lowest BCUT2D eigenvalue weighted by Gasteiger charge is -2.24. The van der Waals surface area contributed by atoms with E-state index in [0.717, 1.165) is 25.1 Å². The van der Waals surface area contributed by atoms with E-state index < -0.39 is 0 Å². The Morgan fingerprint density at radius 1 is 1.41 bits per heavy atom. The van der Waals surface area contributed by atoms with Crippen molar-refractivity contribution in [2.24, 2.45) is 10.7 Å². The molecule has 0 aliphatic heterocycles. The summed E-state index contributed by atoms with van der Waals surface area (Å²) in [5.74, 6) is 1.87. The van der Waals surface area contributed by atoms with Gasteiger partial charge >= 0.3 is 0 Å². The smallest absolute Gasteiger partial charge is 0.188 e. The van der Waals surface area contributed by atoms with Gasteiger partial charge in [0.05, 0.1) is 13.7 Å². The number of methoxy groups -OCH3 is 2. The molecule has 0 aromatic heterocycles. The van der Waals surface area contributed by atoms with Crippen molar-refractivity contribution >= 4 is 29.9 Å². The fourth-order valence-electron chi connectivity index (χ4n) is 2.75. The van der Waals surface area contributed by atoms with Crippen molar-refractivity contribution in [3.05, 3.63) is 29.3 Å². The number of hydrogen-bond acceptors (Lipinski definition) is 3. The lowest BCUT2D eigenvalue weighted by molar-refractivity contribution is 0.204. The second-order valence-electron chi connectivity index (χ2n) is 5.30. The first-order chi connectivity index (χ1) is 10.2. The number of fused-ring (bicyclic) bond motifs is 1. The molecule has 1 aliphatic carbocycles. The van der Waals surface area contributed by atoms with Crippen molar-refractivity contribution in [2.45, 2.75) is 25.2 Å². The Morgan fingerprint density at radius 2 is 2.23 bits per heavy atom. The quantitative estimate of drug-likeness (QED) is 0.321. The number of halogens is 1. The van der Waals surface area contributed by atoms with Gasteiger partial charge in [-0.05, 0) is 42.5 Å². The van der Waals surface area contributed by atoms with E-state index in [1.165, 1.54) is 17.5 Å². The Bertz CT molecular complexity index is 494. The minimum absolute atomic E-state index is 0. The van der Waals surface area contributed by atoms with Crippen molar-refractivity contribution in [1.82, 2.24) is 5.32 Å². The summed E-state index contributed by atoms with van der Waals surface area (Å²) in [6.07, 6.45) is 3.47. The molecule has 3 N–H and O–H groups in total. The molecule has 0 heterocycles. The van der Waals surface area contributed by atoms with Crippen LogP contribution in [0, 0.1) is 0 Å². The largest absolute Gasteiger partial charge is 0.497 e. The van der Waals surface area contributed by atoms with E-state index in [1.807, 2.05) is 6.07 Å². The van der Waals surface area contributed by atoms with E-state index in [0.29, 0.717) is 25.0 Å². The van der Waals surface area contributed by atoms with Gasteiger partial charge < -0.3 is 20.5 Å². The lowest BCUT2D eigenvalue weighted by Crippen LogP contribution is -2.34. The molecule has 1 atom stereocenters. The molecule has 0 amide bonds. The van der Waals surface area contributed by atoms with Crippen LogP contribution in [0.4, 0.5) is 0 Å². The first kappa shape index (κ1) is 19.0. The lowest BCUT2D eigenvalue weighted by atomic mass is 9.83. The summed E-state index contributed by atoms with van der Waals surface area (Å²) in [7, 11) is 3.38. The predicted octanol–water partition coefficient (Wildman–Crippen LogP) is 2.28. The van der Waals surface area contributed by atoms with Crippen LogP contribution >= 0.6 is 24.0 Å². The highest BCUT2D eigenvalue weighted by atomic mass is 127. The van der Waals surface area contributed by atoms with E-state index in [1.54, 1.807) is 14.2 Å². The van der Waals surface area contributed by atoms with Gasteiger partial charge in [0.2, 0.25) is 0 Å². The van der Waals surface area contributed by atoms with E-state index >= 15 is 0 Å². The third-order valence-corrected chi connectivity index (χ3v) is 3.88. The normalized spacial score (nSPS) is 17.4. The number of nitrogens with one attached hydrogen (secondary N) is 1. The highest BCUT2D eigenvalue weighted by Crippen LogP contribution is 2.33. The Kier molecular flexibility index (Phi) is 8.55. The fourth-order valence-corrected chi connectivity index (χ4v) is 2.75. The van der Waals surface area contributed by atoms with Gasteiger partial charge in [-0.25, -0.2) is 0 Å². The SMILES string of the molecule is COCCNC(N)=NCC1CCCc2cc(OC)ccc21.I. The van der Waals surface area contributed by atoms with Crippen LogP contribution in [0.5, 0.6) is 5.75 Å². The summed E-state index contributed by atoms with van der Waals surface area (Å²) in [4.78, 5) is 4.46. The molecule has 0 spiro atoms. The maximum absolute atomic E-state index is 5.86. The van der Waals surface area contributed by atoms with Gasteiger partial charge in [0.15, 0.2) is 5.96 Å².